The Morgan fingerprint density at radius 3 is 2.59 bits per heavy atom. The third-order valence-corrected chi connectivity index (χ3v) is 5.76. The monoisotopic (exact) mass is 350 g/mol. The fourth-order valence-corrected chi connectivity index (χ4v) is 4.49. The van der Waals surface area contributed by atoms with Crippen LogP contribution in [0.2, 0.25) is 0 Å². The molecule has 130 valence electrons. The van der Waals surface area contributed by atoms with E-state index < -0.39 is 0 Å². The van der Waals surface area contributed by atoms with Crippen LogP contribution in [-0.2, 0) is 12.8 Å². The molecule has 0 amide bonds. The number of aromatic nitrogens is 2. The fraction of sp³-hybridized carbons (Fsp3) is 0.125. The molecule has 0 fully saturated rings. The van der Waals surface area contributed by atoms with E-state index in [1.165, 1.54) is 38.7 Å². The second kappa shape index (κ2) is 5.34. The van der Waals surface area contributed by atoms with E-state index in [9.17, 15) is 0 Å². The summed E-state index contributed by atoms with van der Waals surface area (Å²) in [5.41, 5.74) is 7.56. The molecule has 0 spiro atoms. The molecule has 0 radical (unpaired) electrons. The molecule has 0 aliphatic carbocycles. The summed E-state index contributed by atoms with van der Waals surface area (Å²) < 4.78 is 7.84. The summed E-state index contributed by atoms with van der Waals surface area (Å²) in [6, 6.07) is 21.7. The van der Waals surface area contributed by atoms with Crippen LogP contribution in [0.25, 0.3) is 38.4 Å². The number of nitrogens with zero attached hydrogens (tertiary/aromatic N) is 2. The Hall–Kier alpha value is -3.33. The van der Waals surface area contributed by atoms with E-state index in [1.54, 1.807) is 7.11 Å². The van der Waals surface area contributed by atoms with Gasteiger partial charge in [0, 0.05) is 22.7 Å². The highest BCUT2D eigenvalue weighted by Gasteiger charge is 2.21. The van der Waals surface area contributed by atoms with E-state index in [4.69, 9.17) is 9.72 Å². The number of ether oxygens (including phenoxy) is 1. The van der Waals surface area contributed by atoms with E-state index in [0.717, 1.165) is 29.6 Å². The highest BCUT2D eigenvalue weighted by atomic mass is 16.5. The second-order valence-corrected chi connectivity index (χ2v) is 7.22. The molecule has 0 bridgehead atoms. The van der Waals surface area contributed by atoms with Crippen LogP contribution in [0.5, 0.6) is 5.75 Å². The topological polar surface area (TPSA) is 26.5 Å². The summed E-state index contributed by atoms with van der Waals surface area (Å²) in [4.78, 5) is 4.76. The number of hydrogen-bond acceptors (Lipinski definition) is 2. The molecule has 1 aliphatic rings. The van der Waals surface area contributed by atoms with Crippen LogP contribution in [0.4, 0.5) is 0 Å². The minimum Gasteiger partial charge on any atom is -0.497 e. The molecule has 0 unspecified atom stereocenters. The third kappa shape index (κ3) is 2.00. The SMILES string of the molecule is COc1ccc2c(c1)c1ncc3n1c1c(cc(-c4ccccc4)cc21)CC3. The largest absolute Gasteiger partial charge is 0.497 e. The minimum absolute atomic E-state index is 0.866. The van der Waals surface area contributed by atoms with Crippen molar-refractivity contribution in [3.05, 3.63) is 78.1 Å². The number of fused-ring (bicyclic) bond motifs is 3. The van der Waals surface area contributed by atoms with Crippen molar-refractivity contribution in [2.75, 3.05) is 7.11 Å². The summed E-state index contributed by atoms with van der Waals surface area (Å²) in [7, 11) is 1.71. The van der Waals surface area contributed by atoms with Crippen molar-refractivity contribution >= 4 is 27.3 Å². The maximum absolute atomic E-state index is 5.48. The molecule has 0 saturated heterocycles. The highest BCUT2D eigenvalue weighted by molar-refractivity contribution is 6.14. The first-order valence-corrected chi connectivity index (χ1v) is 9.31. The highest BCUT2D eigenvalue weighted by Crippen LogP contribution is 2.38. The van der Waals surface area contributed by atoms with Gasteiger partial charge < -0.3 is 4.74 Å². The van der Waals surface area contributed by atoms with E-state index in [2.05, 4.69) is 59.0 Å². The lowest BCUT2D eigenvalue weighted by atomic mass is 9.92. The van der Waals surface area contributed by atoms with Gasteiger partial charge in [-0.3, -0.25) is 4.40 Å². The van der Waals surface area contributed by atoms with Gasteiger partial charge in [0.2, 0.25) is 0 Å². The van der Waals surface area contributed by atoms with Gasteiger partial charge >= 0.3 is 0 Å². The van der Waals surface area contributed by atoms with E-state index >= 15 is 0 Å². The fourth-order valence-electron chi connectivity index (χ4n) is 4.49. The van der Waals surface area contributed by atoms with Crippen molar-refractivity contribution in [2.45, 2.75) is 12.8 Å². The summed E-state index contributed by atoms with van der Waals surface area (Å²) in [5, 5.41) is 3.66. The zero-order valence-corrected chi connectivity index (χ0v) is 15.1. The lowest BCUT2D eigenvalue weighted by molar-refractivity contribution is 0.415. The van der Waals surface area contributed by atoms with Gasteiger partial charge in [-0.15, -0.1) is 0 Å². The second-order valence-electron chi connectivity index (χ2n) is 7.22. The van der Waals surface area contributed by atoms with Gasteiger partial charge in [-0.25, -0.2) is 4.98 Å². The molecular weight excluding hydrogens is 332 g/mol. The third-order valence-electron chi connectivity index (χ3n) is 5.76. The Kier molecular flexibility index (Phi) is 2.92. The average molecular weight is 350 g/mol. The Morgan fingerprint density at radius 2 is 1.74 bits per heavy atom. The molecule has 27 heavy (non-hydrogen) atoms. The molecule has 2 aromatic heterocycles. The molecule has 5 aromatic rings. The molecule has 6 rings (SSSR count). The number of pyridine rings is 1. The van der Waals surface area contributed by atoms with Crippen molar-refractivity contribution in [2.24, 2.45) is 0 Å². The van der Waals surface area contributed by atoms with Crippen molar-refractivity contribution in [3.8, 4) is 16.9 Å². The van der Waals surface area contributed by atoms with E-state index in [1.807, 2.05) is 12.3 Å². The van der Waals surface area contributed by atoms with Crippen molar-refractivity contribution in [3.63, 3.8) is 0 Å². The smallest absolute Gasteiger partial charge is 0.145 e. The molecule has 3 aromatic carbocycles. The molecule has 1 aliphatic heterocycles. The lowest BCUT2D eigenvalue weighted by Gasteiger charge is -2.20. The normalized spacial score (nSPS) is 13.1. The Bertz CT molecular complexity index is 1350. The first kappa shape index (κ1) is 14.8. The molecule has 0 N–H and O–H groups in total. The van der Waals surface area contributed by atoms with Crippen LogP contribution < -0.4 is 4.74 Å². The van der Waals surface area contributed by atoms with Crippen LogP contribution in [0.15, 0.2) is 66.9 Å². The average Bonchev–Trinajstić information content (AvgIpc) is 3.18. The van der Waals surface area contributed by atoms with Crippen LogP contribution in [0, 0.1) is 0 Å². The van der Waals surface area contributed by atoms with Gasteiger partial charge in [0.05, 0.1) is 12.6 Å². The number of hydrogen-bond donors (Lipinski definition) is 0. The minimum atomic E-state index is 0.866. The van der Waals surface area contributed by atoms with E-state index in [-0.39, 0.29) is 0 Å². The first-order chi connectivity index (χ1) is 13.3. The standard InChI is InChI=1S/C24H18N2O/c1-27-19-9-10-20-21-12-17(15-5-3-2-4-6-15)11-16-7-8-18-14-25-24(22(20)13-19)26(18)23(16)21/h2-6,9-14H,7-8H2,1H3. The van der Waals surface area contributed by atoms with Crippen LogP contribution in [0.3, 0.4) is 0 Å². The van der Waals surface area contributed by atoms with Gasteiger partial charge in [0.15, 0.2) is 0 Å². The Labute approximate surface area is 156 Å². The van der Waals surface area contributed by atoms with Crippen molar-refractivity contribution in [1.82, 2.24) is 9.38 Å². The Balaban J connectivity index is 1.83. The van der Waals surface area contributed by atoms with Gasteiger partial charge in [0.25, 0.3) is 0 Å². The molecular formula is C24H18N2O. The van der Waals surface area contributed by atoms with Gasteiger partial charge in [-0.2, -0.15) is 0 Å². The molecule has 3 nitrogen and oxygen atoms in total. The predicted molar refractivity (Wildman–Crippen MR) is 110 cm³/mol. The molecule has 3 heteroatoms. The quantitative estimate of drug-likeness (QED) is 0.398. The van der Waals surface area contributed by atoms with Crippen LogP contribution in [0.1, 0.15) is 11.3 Å². The first-order valence-electron chi connectivity index (χ1n) is 9.31. The number of benzene rings is 3. The predicted octanol–water partition coefficient (Wildman–Crippen LogP) is 5.41. The van der Waals surface area contributed by atoms with Gasteiger partial charge in [0.1, 0.15) is 11.4 Å². The number of rotatable bonds is 2. The zero-order valence-electron chi connectivity index (χ0n) is 15.1. The maximum Gasteiger partial charge on any atom is 0.145 e. The molecule has 0 saturated carbocycles. The van der Waals surface area contributed by atoms with Gasteiger partial charge in [-0.1, -0.05) is 30.3 Å². The summed E-state index contributed by atoms with van der Waals surface area (Å²) in [6.07, 6.45) is 4.11. The summed E-state index contributed by atoms with van der Waals surface area (Å²) in [6.45, 7) is 0. The van der Waals surface area contributed by atoms with Crippen LogP contribution >= 0.6 is 0 Å². The maximum atomic E-state index is 5.48. The van der Waals surface area contributed by atoms with Crippen molar-refractivity contribution in [1.29, 1.82) is 0 Å². The van der Waals surface area contributed by atoms with E-state index in [0.29, 0.717) is 0 Å². The lowest BCUT2D eigenvalue weighted by Crippen LogP contribution is -2.07. The zero-order chi connectivity index (χ0) is 18.0. The number of methoxy groups -OCH3 is 1. The summed E-state index contributed by atoms with van der Waals surface area (Å²) >= 11 is 0. The molecule has 3 heterocycles. The van der Waals surface area contributed by atoms with Crippen molar-refractivity contribution < 1.29 is 4.74 Å². The molecule has 0 atom stereocenters. The van der Waals surface area contributed by atoms with Crippen LogP contribution in [-0.4, -0.2) is 16.5 Å². The number of aryl methyl sites for hydroxylation is 2. The number of imidazole rings is 1. The van der Waals surface area contributed by atoms with Gasteiger partial charge in [-0.05, 0) is 65.3 Å². The Morgan fingerprint density at radius 1 is 0.852 bits per heavy atom. The summed E-state index contributed by atoms with van der Waals surface area (Å²) in [5.74, 6) is 0.866.